The zero-order valence-corrected chi connectivity index (χ0v) is 16.8. The van der Waals surface area contributed by atoms with Gasteiger partial charge in [-0.2, -0.15) is 0 Å². The molecule has 4 heteroatoms. The van der Waals surface area contributed by atoms with E-state index in [-0.39, 0.29) is 17.7 Å². The van der Waals surface area contributed by atoms with Crippen LogP contribution in [0.1, 0.15) is 36.3 Å². The van der Waals surface area contributed by atoms with Crippen molar-refractivity contribution in [3.05, 3.63) is 83.9 Å². The first-order valence-electron chi connectivity index (χ1n) is 10.7. The molecule has 0 radical (unpaired) electrons. The summed E-state index contributed by atoms with van der Waals surface area (Å²) in [5.74, 6) is -0.324. The lowest BCUT2D eigenvalue weighted by Gasteiger charge is -2.39. The molecule has 2 atom stereocenters. The molecule has 2 fully saturated rings. The van der Waals surface area contributed by atoms with Crippen LogP contribution in [0.25, 0.3) is 10.8 Å². The molecule has 0 aromatic heterocycles. The summed E-state index contributed by atoms with van der Waals surface area (Å²) in [6.07, 6.45) is 1.81. The molecule has 2 aliphatic rings. The van der Waals surface area contributed by atoms with Crippen LogP contribution in [0.5, 0.6) is 0 Å². The molecule has 4 nitrogen and oxygen atoms in total. The highest BCUT2D eigenvalue weighted by molar-refractivity contribution is 5.90. The molecule has 5 rings (SSSR count). The third-order valence-electron chi connectivity index (χ3n) is 6.99. The van der Waals surface area contributed by atoms with Crippen LogP contribution in [0.15, 0.2) is 72.8 Å². The van der Waals surface area contributed by atoms with E-state index in [1.54, 1.807) is 0 Å². The van der Waals surface area contributed by atoms with Crippen LogP contribution in [0.3, 0.4) is 0 Å². The quantitative estimate of drug-likeness (QED) is 0.698. The Hall–Kier alpha value is -3.14. The van der Waals surface area contributed by atoms with Gasteiger partial charge in [0.1, 0.15) is 0 Å². The van der Waals surface area contributed by atoms with Crippen molar-refractivity contribution in [1.82, 2.24) is 4.90 Å². The number of hydrogen-bond donors (Lipinski definition) is 1. The van der Waals surface area contributed by atoms with E-state index < -0.39 is 11.4 Å². The normalized spacial score (nSPS) is 22.6. The van der Waals surface area contributed by atoms with Gasteiger partial charge in [0.05, 0.1) is 5.41 Å². The second kappa shape index (κ2) is 7.28. The highest BCUT2D eigenvalue weighted by Gasteiger charge is 2.49. The van der Waals surface area contributed by atoms with E-state index in [1.807, 2.05) is 47.4 Å². The molecule has 3 aromatic rings. The molecular weight excluding hydrogens is 374 g/mol. The predicted octanol–water partition coefficient (Wildman–Crippen LogP) is 4.59. The molecule has 1 amide bonds. The molecule has 0 spiro atoms. The smallest absolute Gasteiger partial charge is 0.314 e. The number of fused-ring (bicyclic) bond motifs is 1. The molecule has 152 valence electrons. The lowest BCUT2D eigenvalue weighted by Crippen LogP contribution is -2.49. The Morgan fingerprint density at radius 1 is 0.867 bits per heavy atom. The Labute approximate surface area is 176 Å². The standard InChI is InChI=1S/C26H25NO3/c28-24(23-17-22(23)21-12-6-8-18-7-4-5-11-20(18)21)27-15-13-26(14-16-27,25(29)30)19-9-2-1-3-10-19/h1-12,22-23H,13-17H2,(H,29,30). The van der Waals surface area contributed by atoms with Gasteiger partial charge in [0, 0.05) is 19.0 Å². The van der Waals surface area contributed by atoms with E-state index in [2.05, 4.69) is 30.3 Å². The van der Waals surface area contributed by atoms with Crippen molar-refractivity contribution in [3.63, 3.8) is 0 Å². The van der Waals surface area contributed by atoms with E-state index in [0.29, 0.717) is 25.9 Å². The van der Waals surface area contributed by atoms with Gasteiger partial charge in [-0.15, -0.1) is 0 Å². The van der Waals surface area contributed by atoms with Gasteiger partial charge in [-0.1, -0.05) is 72.8 Å². The molecule has 1 saturated carbocycles. The number of benzene rings is 3. The summed E-state index contributed by atoms with van der Waals surface area (Å²) < 4.78 is 0. The van der Waals surface area contributed by atoms with E-state index in [4.69, 9.17) is 0 Å². The molecule has 1 saturated heterocycles. The summed E-state index contributed by atoms with van der Waals surface area (Å²) in [5.41, 5.74) is 1.20. The van der Waals surface area contributed by atoms with Crippen molar-refractivity contribution in [3.8, 4) is 0 Å². The van der Waals surface area contributed by atoms with Crippen molar-refractivity contribution in [2.45, 2.75) is 30.6 Å². The fourth-order valence-corrected chi connectivity index (χ4v) is 5.11. The van der Waals surface area contributed by atoms with Crippen LogP contribution in [0, 0.1) is 5.92 Å². The van der Waals surface area contributed by atoms with Gasteiger partial charge in [0.2, 0.25) is 5.91 Å². The Bertz CT molecular complexity index is 1090. The van der Waals surface area contributed by atoms with Crippen LogP contribution >= 0.6 is 0 Å². The number of nitrogens with zero attached hydrogens (tertiary/aromatic N) is 1. The second-order valence-electron chi connectivity index (χ2n) is 8.60. The van der Waals surface area contributed by atoms with Crippen molar-refractivity contribution in [1.29, 1.82) is 0 Å². The number of rotatable bonds is 4. The first-order valence-corrected chi connectivity index (χ1v) is 10.7. The van der Waals surface area contributed by atoms with Gasteiger partial charge < -0.3 is 10.0 Å². The SMILES string of the molecule is O=C(C1CC1c1cccc2ccccc12)N1CCC(C(=O)O)(c2ccccc2)CC1. The summed E-state index contributed by atoms with van der Waals surface area (Å²) in [6.45, 7) is 0.998. The molecule has 1 aliphatic carbocycles. The Balaban J connectivity index is 1.30. The molecule has 2 unspecified atom stereocenters. The van der Waals surface area contributed by atoms with E-state index in [9.17, 15) is 14.7 Å². The molecule has 3 aromatic carbocycles. The maximum Gasteiger partial charge on any atom is 0.314 e. The van der Waals surface area contributed by atoms with Gasteiger partial charge in [-0.25, -0.2) is 0 Å². The minimum atomic E-state index is -0.892. The number of likely N-dealkylation sites (tertiary alicyclic amines) is 1. The fraction of sp³-hybridized carbons (Fsp3) is 0.308. The lowest BCUT2D eigenvalue weighted by molar-refractivity contribution is -0.148. The van der Waals surface area contributed by atoms with Crippen molar-refractivity contribution in [2.75, 3.05) is 13.1 Å². The maximum atomic E-state index is 13.2. The highest BCUT2D eigenvalue weighted by atomic mass is 16.4. The van der Waals surface area contributed by atoms with Gasteiger partial charge in [0.15, 0.2) is 0 Å². The number of hydrogen-bond acceptors (Lipinski definition) is 2. The molecular formula is C26H25NO3. The predicted molar refractivity (Wildman–Crippen MR) is 116 cm³/mol. The second-order valence-corrected chi connectivity index (χ2v) is 8.60. The minimum absolute atomic E-state index is 0.0184. The number of piperidine rings is 1. The van der Waals surface area contributed by atoms with Gasteiger partial charge in [0.25, 0.3) is 0 Å². The van der Waals surface area contributed by atoms with Gasteiger partial charge in [-0.05, 0) is 47.1 Å². The summed E-state index contributed by atoms with van der Waals surface area (Å²) >= 11 is 0. The van der Waals surface area contributed by atoms with E-state index >= 15 is 0 Å². The van der Waals surface area contributed by atoms with E-state index in [0.717, 1.165) is 12.0 Å². The maximum absolute atomic E-state index is 13.2. The summed E-state index contributed by atoms with van der Waals surface area (Å²) in [6, 6.07) is 24.1. The van der Waals surface area contributed by atoms with Gasteiger partial charge in [-0.3, -0.25) is 9.59 Å². The Morgan fingerprint density at radius 3 is 2.27 bits per heavy atom. The molecule has 1 heterocycles. The molecule has 0 bridgehead atoms. The van der Waals surface area contributed by atoms with E-state index in [1.165, 1.54) is 16.3 Å². The minimum Gasteiger partial charge on any atom is -0.481 e. The summed E-state index contributed by atoms with van der Waals surface area (Å²) in [7, 11) is 0. The Morgan fingerprint density at radius 2 is 1.53 bits per heavy atom. The van der Waals surface area contributed by atoms with Crippen molar-refractivity contribution in [2.24, 2.45) is 5.92 Å². The average Bonchev–Trinajstić information content (AvgIpc) is 3.59. The van der Waals surface area contributed by atoms with Crippen LogP contribution in [-0.4, -0.2) is 35.0 Å². The molecule has 30 heavy (non-hydrogen) atoms. The van der Waals surface area contributed by atoms with Crippen molar-refractivity contribution >= 4 is 22.6 Å². The number of aliphatic carboxylic acids is 1. The summed E-state index contributed by atoms with van der Waals surface area (Å²) in [5, 5.41) is 12.4. The summed E-state index contributed by atoms with van der Waals surface area (Å²) in [4.78, 5) is 27.2. The number of carboxylic acids is 1. The first kappa shape index (κ1) is 18.9. The zero-order chi connectivity index (χ0) is 20.7. The highest BCUT2D eigenvalue weighted by Crippen LogP contribution is 2.51. The monoisotopic (exact) mass is 399 g/mol. The first-order chi connectivity index (χ1) is 14.6. The van der Waals surface area contributed by atoms with Crippen LogP contribution < -0.4 is 0 Å². The number of carbonyl (C=O) groups is 2. The molecule has 1 N–H and O–H groups in total. The van der Waals surface area contributed by atoms with Crippen LogP contribution in [-0.2, 0) is 15.0 Å². The van der Waals surface area contributed by atoms with Crippen molar-refractivity contribution < 1.29 is 14.7 Å². The fourth-order valence-electron chi connectivity index (χ4n) is 5.11. The van der Waals surface area contributed by atoms with Crippen LogP contribution in [0.4, 0.5) is 0 Å². The zero-order valence-electron chi connectivity index (χ0n) is 16.8. The largest absolute Gasteiger partial charge is 0.481 e. The third kappa shape index (κ3) is 3.07. The van der Waals surface area contributed by atoms with Crippen LogP contribution in [0.2, 0.25) is 0 Å². The number of amides is 1. The van der Waals surface area contributed by atoms with Gasteiger partial charge >= 0.3 is 5.97 Å². The topological polar surface area (TPSA) is 57.6 Å². The Kier molecular flexibility index (Phi) is 4.58. The number of carboxylic acid groups (broad SMARTS) is 1. The lowest BCUT2D eigenvalue weighted by atomic mass is 9.73. The molecule has 1 aliphatic heterocycles. The average molecular weight is 399 g/mol. The number of carbonyl (C=O) groups excluding carboxylic acids is 1. The third-order valence-corrected chi connectivity index (χ3v) is 6.99.